The summed E-state index contributed by atoms with van der Waals surface area (Å²) in [6, 6.07) is 14.2. The first kappa shape index (κ1) is 23.7. The maximum Gasteiger partial charge on any atom is 0.274 e. The SMILES string of the molecule is CCCCN(C)S(=O)(=O)c1ccc(C(=O)N2CCC(Oc3nc4ccccc4s3)CC2)cc1. The van der Waals surface area contributed by atoms with Gasteiger partial charge in [0.15, 0.2) is 0 Å². The fraction of sp³-hybridized carbons (Fsp3) is 0.417. The Morgan fingerprint density at radius 3 is 2.52 bits per heavy atom. The fourth-order valence-corrected chi connectivity index (χ4v) is 5.94. The second-order valence-electron chi connectivity index (χ2n) is 8.26. The van der Waals surface area contributed by atoms with Crippen molar-refractivity contribution in [1.29, 1.82) is 0 Å². The van der Waals surface area contributed by atoms with Crippen molar-refractivity contribution >= 4 is 37.5 Å². The predicted molar refractivity (Wildman–Crippen MR) is 130 cm³/mol. The highest BCUT2D eigenvalue weighted by atomic mass is 32.2. The highest BCUT2D eigenvalue weighted by Gasteiger charge is 2.26. The van der Waals surface area contributed by atoms with E-state index in [0.717, 1.165) is 35.9 Å². The van der Waals surface area contributed by atoms with Crippen molar-refractivity contribution < 1.29 is 17.9 Å². The number of para-hydroxylation sites is 1. The zero-order valence-electron chi connectivity index (χ0n) is 18.9. The van der Waals surface area contributed by atoms with Gasteiger partial charge in [0.2, 0.25) is 10.0 Å². The summed E-state index contributed by atoms with van der Waals surface area (Å²) in [5.41, 5.74) is 1.43. The first-order chi connectivity index (χ1) is 15.9. The van der Waals surface area contributed by atoms with Crippen LogP contribution in [0.3, 0.4) is 0 Å². The maximum absolute atomic E-state index is 12.9. The monoisotopic (exact) mass is 487 g/mol. The molecule has 1 aliphatic heterocycles. The molecule has 0 atom stereocenters. The molecule has 0 unspecified atom stereocenters. The molecule has 4 rings (SSSR count). The van der Waals surface area contributed by atoms with Crippen LogP contribution in [0.2, 0.25) is 0 Å². The number of hydrogen-bond acceptors (Lipinski definition) is 6. The zero-order chi connectivity index (χ0) is 23.4. The van der Waals surface area contributed by atoms with Crippen molar-refractivity contribution in [2.45, 2.75) is 43.6 Å². The third-order valence-electron chi connectivity index (χ3n) is 5.91. The number of thiazole rings is 1. The molecule has 0 aliphatic carbocycles. The number of hydrogen-bond donors (Lipinski definition) is 0. The number of carbonyl (C=O) groups excluding carboxylic acids is 1. The second kappa shape index (κ2) is 10.2. The van der Waals surface area contributed by atoms with Crippen LogP contribution in [-0.2, 0) is 10.0 Å². The highest BCUT2D eigenvalue weighted by Crippen LogP contribution is 2.29. The molecular weight excluding hydrogens is 458 g/mol. The topological polar surface area (TPSA) is 79.8 Å². The number of likely N-dealkylation sites (tertiary alicyclic amines) is 1. The first-order valence-electron chi connectivity index (χ1n) is 11.3. The van der Waals surface area contributed by atoms with Gasteiger partial charge in [-0.25, -0.2) is 17.7 Å². The number of benzene rings is 2. The Balaban J connectivity index is 1.33. The fourth-order valence-electron chi connectivity index (χ4n) is 3.85. The molecule has 2 aromatic carbocycles. The first-order valence-corrected chi connectivity index (χ1v) is 13.5. The van der Waals surface area contributed by atoms with Gasteiger partial charge < -0.3 is 9.64 Å². The van der Waals surface area contributed by atoms with E-state index in [2.05, 4.69) is 4.98 Å². The number of carbonyl (C=O) groups is 1. The Bertz CT molecular complexity index is 1170. The average molecular weight is 488 g/mol. The smallest absolute Gasteiger partial charge is 0.274 e. The number of unbranched alkanes of at least 4 members (excludes halogenated alkanes) is 1. The van der Waals surface area contributed by atoms with Gasteiger partial charge in [0, 0.05) is 45.1 Å². The Hall–Kier alpha value is -2.49. The van der Waals surface area contributed by atoms with Crippen molar-refractivity contribution in [3.05, 3.63) is 54.1 Å². The minimum Gasteiger partial charge on any atom is -0.467 e. The molecule has 0 saturated carbocycles. The average Bonchev–Trinajstić information content (AvgIpc) is 3.25. The number of amides is 1. The molecule has 33 heavy (non-hydrogen) atoms. The van der Waals surface area contributed by atoms with Crippen molar-refractivity contribution in [3.8, 4) is 5.19 Å². The molecule has 9 heteroatoms. The lowest BCUT2D eigenvalue weighted by molar-refractivity contribution is 0.0595. The third kappa shape index (κ3) is 5.37. The van der Waals surface area contributed by atoms with E-state index in [0.29, 0.717) is 30.4 Å². The van der Waals surface area contributed by atoms with Gasteiger partial charge in [-0.3, -0.25) is 4.79 Å². The van der Waals surface area contributed by atoms with Crippen LogP contribution in [0.5, 0.6) is 5.19 Å². The number of fused-ring (bicyclic) bond motifs is 1. The summed E-state index contributed by atoms with van der Waals surface area (Å²) in [5.74, 6) is -0.0864. The lowest BCUT2D eigenvalue weighted by Crippen LogP contribution is -2.41. The predicted octanol–water partition coefficient (Wildman–Crippen LogP) is 4.40. The number of nitrogens with zero attached hydrogens (tertiary/aromatic N) is 3. The van der Waals surface area contributed by atoms with Gasteiger partial charge >= 0.3 is 0 Å². The summed E-state index contributed by atoms with van der Waals surface area (Å²) in [4.78, 5) is 19.5. The van der Waals surface area contributed by atoms with E-state index in [1.807, 2.05) is 31.2 Å². The molecule has 1 fully saturated rings. The largest absolute Gasteiger partial charge is 0.467 e. The molecule has 3 aromatic rings. The molecular formula is C24H29N3O4S2. The molecule has 7 nitrogen and oxygen atoms in total. The summed E-state index contributed by atoms with van der Waals surface area (Å²) < 4.78 is 33.9. The molecule has 0 radical (unpaired) electrons. The molecule has 2 heterocycles. The van der Waals surface area contributed by atoms with Crippen molar-refractivity contribution in [3.63, 3.8) is 0 Å². The minimum absolute atomic E-state index is 0.0285. The maximum atomic E-state index is 12.9. The van der Waals surface area contributed by atoms with Crippen LogP contribution in [0, 0.1) is 0 Å². The molecule has 0 bridgehead atoms. The molecule has 176 valence electrons. The van der Waals surface area contributed by atoms with Gasteiger partial charge in [-0.15, -0.1) is 0 Å². The minimum atomic E-state index is -3.54. The van der Waals surface area contributed by atoms with Crippen LogP contribution in [-0.4, -0.2) is 61.3 Å². The van der Waals surface area contributed by atoms with Crippen LogP contribution >= 0.6 is 11.3 Å². The zero-order valence-corrected chi connectivity index (χ0v) is 20.6. The number of rotatable bonds is 8. The number of sulfonamides is 1. The Morgan fingerprint density at radius 2 is 1.85 bits per heavy atom. The van der Waals surface area contributed by atoms with Crippen LogP contribution in [0.4, 0.5) is 0 Å². The number of piperidine rings is 1. The Labute approximate surface area is 199 Å². The van der Waals surface area contributed by atoms with E-state index in [1.165, 1.54) is 27.8 Å². The van der Waals surface area contributed by atoms with Crippen molar-refractivity contribution in [2.24, 2.45) is 0 Å². The molecule has 0 N–H and O–H groups in total. The summed E-state index contributed by atoms with van der Waals surface area (Å²) in [6.45, 7) is 3.69. The van der Waals surface area contributed by atoms with E-state index < -0.39 is 10.0 Å². The highest BCUT2D eigenvalue weighted by molar-refractivity contribution is 7.89. The third-order valence-corrected chi connectivity index (χ3v) is 8.71. The van der Waals surface area contributed by atoms with Crippen molar-refractivity contribution in [1.82, 2.24) is 14.2 Å². The van der Waals surface area contributed by atoms with Crippen LogP contribution in [0.25, 0.3) is 10.2 Å². The molecule has 0 spiro atoms. The Morgan fingerprint density at radius 1 is 1.15 bits per heavy atom. The van der Waals surface area contributed by atoms with Gasteiger partial charge in [-0.05, 0) is 42.8 Å². The number of aromatic nitrogens is 1. The lowest BCUT2D eigenvalue weighted by atomic mass is 10.1. The van der Waals surface area contributed by atoms with Crippen molar-refractivity contribution in [2.75, 3.05) is 26.7 Å². The summed E-state index contributed by atoms with van der Waals surface area (Å²) >= 11 is 1.54. The summed E-state index contributed by atoms with van der Waals surface area (Å²) in [7, 11) is -1.95. The van der Waals surface area contributed by atoms with Crippen LogP contribution in [0.15, 0.2) is 53.4 Å². The summed E-state index contributed by atoms with van der Waals surface area (Å²) in [6.07, 6.45) is 3.23. The molecule has 1 aliphatic rings. The van der Waals surface area contributed by atoms with Gasteiger partial charge in [-0.1, -0.05) is 36.8 Å². The van der Waals surface area contributed by atoms with E-state index in [-0.39, 0.29) is 16.9 Å². The van der Waals surface area contributed by atoms with E-state index in [1.54, 1.807) is 24.1 Å². The Kier molecular flexibility index (Phi) is 7.31. The molecule has 1 aromatic heterocycles. The quantitative estimate of drug-likeness (QED) is 0.471. The molecule has 1 saturated heterocycles. The normalized spacial score (nSPS) is 15.3. The van der Waals surface area contributed by atoms with E-state index >= 15 is 0 Å². The van der Waals surface area contributed by atoms with Crippen LogP contribution in [0.1, 0.15) is 43.0 Å². The van der Waals surface area contributed by atoms with Gasteiger partial charge in [0.25, 0.3) is 11.1 Å². The van der Waals surface area contributed by atoms with Crippen LogP contribution < -0.4 is 4.74 Å². The van der Waals surface area contributed by atoms with Gasteiger partial charge in [-0.2, -0.15) is 0 Å². The van der Waals surface area contributed by atoms with E-state index in [9.17, 15) is 13.2 Å². The van der Waals surface area contributed by atoms with E-state index in [4.69, 9.17) is 4.74 Å². The van der Waals surface area contributed by atoms with Gasteiger partial charge in [0.1, 0.15) is 6.10 Å². The molecule has 1 amide bonds. The lowest BCUT2D eigenvalue weighted by Gasteiger charge is -2.31. The standard InChI is InChI=1S/C24H29N3O4S2/c1-3-4-15-26(2)33(29,30)20-11-9-18(10-12-20)23(28)27-16-13-19(14-17-27)31-24-25-21-7-5-6-8-22(21)32-24/h5-12,19H,3-4,13-17H2,1-2H3. The number of ether oxygens (including phenoxy) is 1. The summed E-state index contributed by atoms with van der Waals surface area (Å²) in [5, 5.41) is 0.668. The van der Waals surface area contributed by atoms with Gasteiger partial charge in [0.05, 0.1) is 15.1 Å². The second-order valence-corrected chi connectivity index (χ2v) is 11.3.